The number of fused-ring (bicyclic) bond motifs is 4. The molecule has 0 saturated carbocycles. The Balaban J connectivity index is 1.01. The van der Waals surface area contributed by atoms with Crippen molar-refractivity contribution in [1.29, 1.82) is 0 Å². The Kier molecular flexibility index (Phi) is 8.87. The van der Waals surface area contributed by atoms with Crippen LogP contribution in [0.2, 0.25) is 0 Å². The zero-order valence-corrected chi connectivity index (χ0v) is 33.0. The first-order chi connectivity index (χ1) is 29.8. The van der Waals surface area contributed by atoms with Crippen molar-refractivity contribution in [2.24, 2.45) is 0 Å². The topological polar surface area (TPSA) is 8.17 Å². The Morgan fingerprint density at radius 3 is 1.23 bits per heavy atom. The van der Waals surface area contributed by atoms with Crippen LogP contribution in [0.1, 0.15) is 0 Å². The summed E-state index contributed by atoms with van der Waals surface area (Å²) in [6, 6.07) is 87.8. The second kappa shape index (κ2) is 15.1. The van der Waals surface area contributed by atoms with E-state index in [9.17, 15) is 0 Å². The van der Waals surface area contributed by atoms with Gasteiger partial charge in [-0.05, 0) is 104 Å². The minimum absolute atomic E-state index is 1.09. The number of para-hydroxylation sites is 2. The van der Waals surface area contributed by atoms with E-state index >= 15 is 0 Å². The van der Waals surface area contributed by atoms with E-state index in [2.05, 4.69) is 252 Å². The fourth-order valence-electron chi connectivity index (χ4n) is 9.08. The van der Waals surface area contributed by atoms with E-state index in [1.54, 1.807) is 0 Å². The van der Waals surface area contributed by atoms with Crippen LogP contribution in [0.4, 0.5) is 17.1 Å². The molecule has 2 heteroatoms. The van der Waals surface area contributed by atoms with Gasteiger partial charge in [0.1, 0.15) is 0 Å². The molecule has 0 amide bonds. The van der Waals surface area contributed by atoms with E-state index in [1.165, 1.54) is 77.1 Å². The molecule has 0 radical (unpaired) electrons. The van der Waals surface area contributed by atoms with E-state index in [1.807, 2.05) is 0 Å². The van der Waals surface area contributed by atoms with Gasteiger partial charge in [0.15, 0.2) is 0 Å². The third-order valence-corrected chi connectivity index (χ3v) is 11.8. The molecule has 0 spiro atoms. The van der Waals surface area contributed by atoms with Gasteiger partial charge in [-0.2, -0.15) is 0 Å². The van der Waals surface area contributed by atoms with E-state index in [0.717, 1.165) is 22.7 Å². The summed E-state index contributed by atoms with van der Waals surface area (Å²) in [5.41, 5.74) is 16.5. The maximum atomic E-state index is 2.39. The van der Waals surface area contributed by atoms with Gasteiger partial charge in [0.05, 0.1) is 16.7 Å². The Morgan fingerprint density at radius 2 is 0.667 bits per heavy atom. The van der Waals surface area contributed by atoms with Gasteiger partial charge in [0.2, 0.25) is 0 Å². The Morgan fingerprint density at radius 1 is 0.267 bits per heavy atom. The van der Waals surface area contributed by atoms with Gasteiger partial charge in [-0.15, -0.1) is 0 Å². The van der Waals surface area contributed by atoms with Crippen LogP contribution in [0, 0.1) is 0 Å². The van der Waals surface area contributed by atoms with E-state index in [-0.39, 0.29) is 0 Å². The monoisotopic (exact) mass is 764 g/mol. The SMILES string of the molecule is c1ccc(-c2ccccc2-c2ccccc2-c2ccccc2-c2ccc(N(c3ccc(-n4c5ccccc5c5ccccc54)cc3)c3cccc4ccccc34)cc2)cc1. The molecule has 0 bridgehead atoms. The number of hydrogen-bond acceptors (Lipinski definition) is 1. The van der Waals surface area contributed by atoms with Gasteiger partial charge in [-0.3, -0.25) is 0 Å². The molecule has 0 saturated heterocycles. The van der Waals surface area contributed by atoms with Gasteiger partial charge in [0, 0.05) is 33.2 Å². The van der Waals surface area contributed by atoms with Crippen molar-refractivity contribution in [3.8, 4) is 50.2 Å². The molecule has 11 aromatic rings. The average Bonchev–Trinajstić information content (AvgIpc) is 3.67. The second-order valence-corrected chi connectivity index (χ2v) is 15.3. The first kappa shape index (κ1) is 35.2. The van der Waals surface area contributed by atoms with Crippen LogP contribution >= 0.6 is 0 Å². The van der Waals surface area contributed by atoms with Crippen LogP contribution in [0.5, 0.6) is 0 Å². The van der Waals surface area contributed by atoms with E-state index in [4.69, 9.17) is 0 Å². The van der Waals surface area contributed by atoms with Gasteiger partial charge >= 0.3 is 0 Å². The zero-order chi connectivity index (χ0) is 39.8. The molecule has 0 atom stereocenters. The molecule has 60 heavy (non-hydrogen) atoms. The van der Waals surface area contributed by atoms with Crippen molar-refractivity contribution in [3.05, 3.63) is 243 Å². The molecule has 282 valence electrons. The minimum atomic E-state index is 1.09. The highest BCUT2D eigenvalue weighted by molar-refractivity contribution is 6.09. The first-order valence-electron chi connectivity index (χ1n) is 20.6. The van der Waals surface area contributed by atoms with E-state index < -0.39 is 0 Å². The number of nitrogens with zero attached hydrogens (tertiary/aromatic N) is 2. The molecule has 0 unspecified atom stereocenters. The summed E-state index contributed by atoms with van der Waals surface area (Å²) in [7, 11) is 0. The largest absolute Gasteiger partial charge is 0.310 e. The summed E-state index contributed by atoms with van der Waals surface area (Å²) < 4.78 is 2.38. The zero-order valence-electron chi connectivity index (χ0n) is 33.0. The third-order valence-electron chi connectivity index (χ3n) is 11.8. The average molecular weight is 765 g/mol. The molecular formula is C58H40N2. The number of hydrogen-bond donors (Lipinski definition) is 0. The van der Waals surface area contributed by atoms with E-state index in [0.29, 0.717) is 0 Å². The highest BCUT2D eigenvalue weighted by atomic mass is 15.1. The Bertz CT molecular complexity index is 3240. The lowest BCUT2D eigenvalue weighted by atomic mass is 9.87. The van der Waals surface area contributed by atoms with Crippen molar-refractivity contribution < 1.29 is 0 Å². The fraction of sp³-hybridized carbons (Fsp3) is 0. The first-order valence-corrected chi connectivity index (χ1v) is 20.6. The Hall–Kier alpha value is -7.94. The van der Waals surface area contributed by atoms with Crippen molar-refractivity contribution in [3.63, 3.8) is 0 Å². The lowest BCUT2D eigenvalue weighted by Gasteiger charge is -2.27. The normalized spacial score (nSPS) is 11.3. The molecule has 1 aromatic heterocycles. The minimum Gasteiger partial charge on any atom is -0.310 e. The summed E-state index contributed by atoms with van der Waals surface area (Å²) in [6.07, 6.45) is 0. The molecular weight excluding hydrogens is 725 g/mol. The smallest absolute Gasteiger partial charge is 0.0541 e. The Labute approximate surface area is 350 Å². The van der Waals surface area contributed by atoms with Crippen LogP contribution in [0.15, 0.2) is 243 Å². The summed E-state index contributed by atoms with van der Waals surface area (Å²) in [5, 5.41) is 4.93. The standard InChI is InChI=1S/C58H40N2/c1-2-17-41(18-3-1)47-21-6-8-24-50(47)52-26-10-11-27-53(52)51-25-9-7-22-48(51)43-33-35-44(36-34-43)59(56-32-16-20-42-19-4-5-23-49(42)56)45-37-39-46(40-38-45)60-57-30-14-12-28-54(57)55-29-13-15-31-58(55)60/h1-40H. The highest BCUT2D eigenvalue weighted by Crippen LogP contribution is 2.44. The van der Waals surface area contributed by atoms with Crippen LogP contribution in [0.3, 0.4) is 0 Å². The van der Waals surface area contributed by atoms with Gasteiger partial charge in [0.25, 0.3) is 0 Å². The molecule has 0 fully saturated rings. The van der Waals surface area contributed by atoms with Crippen molar-refractivity contribution in [1.82, 2.24) is 4.57 Å². The van der Waals surface area contributed by atoms with Crippen LogP contribution in [-0.2, 0) is 0 Å². The summed E-state index contributed by atoms with van der Waals surface area (Å²) in [4.78, 5) is 2.39. The number of benzene rings is 10. The predicted octanol–water partition coefficient (Wildman–Crippen LogP) is 16.1. The third kappa shape index (κ3) is 6.14. The van der Waals surface area contributed by atoms with Crippen LogP contribution in [0.25, 0.3) is 82.8 Å². The summed E-state index contributed by atoms with van der Waals surface area (Å²) in [6.45, 7) is 0. The molecule has 10 aromatic carbocycles. The molecule has 11 rings (SSSR count). The summed E-state index contributed by atoms with van der Waals surface area (Å²) >= 11 is 0. The van der Waals surface area contributed by atoms with Crippen molar-refractivity contribution >= 4 is 49.6 Å². The second-order valence-electron chi connectivity index (χ2n) is 15.3. The van der Waals surface area contributed by atoms with Gasteiger partial charge < -0.3 is 9.47 Å². The lowest BCUT2D eigenvalue weighted by Crippen LogP contribution is -2.10. The molecule has 2 nitrogen and oxygen atoms in total. The van der Waals surface area contributed by atoms with Crippen LogP contribution < -0.4 is 4.90 Å². The molecule has 0 N–H and O–H groups in total. The quantitative estimate of drug-likeness (QED) is 0.150. The van der Waals surface area contributed by atoms with Crippen molar-refractivity contribution in [2.45, 2.75) is 0 Å². The highest BCUT2D eigenvalue weighted by Gasteiger charge is 2.19. The number of rotatable bonds is 8. The summed E-state index contributed by atoms with van der Waals surface area (Å²) in [5.74, 6) is 0. The molecule has 1 heterocycles. The number of aromatic nitrogens is 1. The number of anilines is 3. The van der Waals surface area contributed by atoms with Crippen molar-refractivity contribution in [2.75, 3.05) is 4.90 Å². The molecule has 0 aliphatic heterocycles. The lowest BCUT2D eigenvalue weighted by molar-refractivity contribution is 1.17. The fourth-order valence-corrected chi connectivity index (χ4v) is 9.08. The maximum absolute atomic E-state index is 2.39. The van der Waals surface area contributed by atoms with Gasteiger partial charge in [-0.1, -0.05) is 188 Å². The molecule has 0 aliphatic carbocycles. The predicted molar refractivity (Wildman–Crippen MR) is 255 cm³/mol. The van der Waals surface area contributed by atoms with Crippen LogP contribution in [-0.4, -0.2) is 4.57 Å². The van der Waals surface area contributed by atoms with Gasteiger partial charge in [-0.25, -0.2) is 0 Å². The molecule has 0 aliphatic rings. The maximum Gasteiger partial charge on any atom is 0.0541 e.